The molecular formula is C14H20N4. The lowest BCUT2D eigenvalue weighted by Crippen LogP contribution is -2.11. The van der Waals surface area contributed by atoms with Gasteiger partial charge in [0.25, 0.3) is 0 Å². The Kier molecular flexibility index (Phi) is 3.65. The van der Waals surface area contributed by atoms with E-state index in [-0.39, 0.29) is 0 Å². The number of fused-ring (bicyclic) bond motifs is 1. The van der Waals surface area contributed by atoms with Crippen molar-refractivity contribution >= 4 is 17.0 Å². The Balaban J connectivity index is 2.45. The van der Waals surface area contributed by atoms with E-state index in [1.54, 1.807) is 6.20 Å². The van der Waals surface area contributed by atoms with Crippen LogP contribution < -0.4 is 5.32 Å². The van der Waals surface area contributed by atoms with Gasteiger partial charge in [0, 0.05) is 25.1 Å². The minimum Gasteiger partial charge on any atom is -0.367 e. The molecule has 0 unspecified atom stereocenters. The highest BCUT2D eigenvalue weighted by Gasteiger charge is 2.08. The van der Waals surface area contributed by atoms with Gasteiger partial charge in [-0.3, -0.25) is 0 Å². The second-order valence-electron chi connectivity index (χ2n) is 4.88. The van der Waals surface area contributed by atoms with Crippen LogP contribution >= 0.6 is 0 Å². The molecule has 0 amide bonds. The molecule has 0 bridgehead atoms. The molecule has 2 aromatic heterocycles. The molecule has 96 valence electrons. The van der Waals surface area contributed by atoms with Gasteiger partial charge in [0.2, 0.25) is 0 Å². The molecule has 0 saturated heterocycles. The molecule has 0 aliphatic rings. The summed E-state index contributed by atoms with van der Waals surface area (Å²) in [5.41, 5.74) is 3.02. The van der Waals surface area contributed by atoms with Crippen molar-refractivity contribution in [3.05, 3.63) is 30.4 Å². The summed E-state index contributed by atoms with van der Waals surface area (Å²) in [6.45, 7) is 9.34. The third-order valence-corrected chi connectivity index (χ3v) is 2.89. The maximum atomic E-state index is 4.65. The van der Waals surface area contributed by atoms with Gasteiger partial charge in [-0.05, 0) is 25.3 Å². The average molecular weight is 244 g/mol. The van der Waals surface area contributed by atoms with Crippen molar-refractivity contribution in [3.8, 4) is 0 Å². The van der Waals surface area contributed by atoms with Gasteiger partial charge in [-0.25, -0.2) is 9.97 Å². The number of aromatic nitrogens is 3. The second-order valence-corrected chi connectivity index (χ2v) is 4.88. The fourth-order valence-corrected chi connectivity index (χ4v) is 1.69. The molecule has 0 saturated carbocycles. The molecule has 4 nitrogen and oxygen atoms in total. The van der Waals surface area contributed by atoms with Crippen LogP contribution in [0.2, 0.25) is 0 Å². The van der Waals surface area contributed by atoms with E-state index in [2.05, 4.69) is 42.1 Å². The zero-order chi connectivity index (χ0) is 13.1. The first-order valence-electron chi connectivity index (χ1n) is 6.32. The van der Waals surface area contributed by atoms with Gasteiger partial charge >= 0.3 is 0 Å². The SMILES string of the molecule is C/C=C(/C)c1cn2ccnc2c(NCC(C)C)n1. The first-order valence-corrected chi connectivity index (χ1v) is 6.32. The highest BCUT2D eigenvalue weighted by Crippen LogP contribution is 2.18. The molecule has 2 heterocycles. The number of allylic oxidation sites excluding steroid dienone is 2. The molecule has 0 aromatic carbocycles. The molecule has 2 rings (SSSR count). The number of nitrogens with one attached hydrogen (secondary N) is 1. The molecule has 0 atom stereocenters. The Hall–Kier alpha value is -1.84. The number of nitrogens with zero attached hydrogens (tertiary/aromatic N) is 3. The molecule has 0 radical (unpaired) electrons. The summed E-state index contributed by atoms with van der Waals surface area (Å²) in [5.74, 6) is 1.43. The summed E-state index contributed by atoms with van der Waals surface area (Å²) in [7, 11) is 0. The minimum atomic E-state index is 0.577. The Morgan fingerprint density at radius 1 is 1.50 bits per heavy atom. The van der Waals surface area contributed by atoms with Gasteiger partial charge in [-0.15, -0.1) is 0 Å². The topological polar surface area (TPSA) is 42.2 Å². The highest BCUT2D eigenvalue weighted by molar-refractivity contribution is 5.68. The number of imidazole rings is 1. The lowest BCUT2D eigenvalue weighted by molar-refractivity contribution is 0.687. The van der Waals surface area contributed by atoms with Gasteiger partial charge in [0.1, 0.15) is 0 Å². The van der Waals surface area contributed by atoms with Crippen LogP contribution in [0.3, 0.4) is 0 Å². The normalized spacial score (nSPS) is 12.4. The van der Waals surface area contributed by atoms with Gasteiger partial charge in [-0.2, -0.15) is 0 Å². The van der Waals surface area contributed by atoms with Crippen LogP contribution in [-0.4, -0.2) is 20.9 Å². The quantitative estimate of drug-likeness (QED) is 0.898. The van der Waals surface area contributed by atoms with E-state index in [9.17, 15) is 0 Å². The Bertz CT molecular complexity index is 566. The molecule has 0 spiro atoms. The predicted octanol–water partition coefficient (Wildman–Crippen LogP) is 3.22. The summed E-state index contributed by atoms with van der Waals surface area (Å²) in [5, 5.41) is 3.37. The van der Waals surface area contributed by atoms with Crippen molar-refractivity contribution in [2.75, 3.05) is 11.9 Å². The fraction of sp³-hybridized carbons (Fsp3) is 0.429. The number of anilines is 1. The van der Waals surface area contributed by atoms with Gasteiger partial charge in [0.05, 0.1) is 5.69 Å². The zero-order valence-corrected chi connectivity index (χ0v) is 11.4. The van der Waals surface area contributed by atoms with E-state index >= 15 is 0 Å². The first-order chi connectivity index (χ1) is 8.61. The van der Waals surface area contributed by atoms with Gasteiger partial charge < -0.3 is 9.72 Å². The first kappa shape index (κ1) is 12.6. The largest absolute Gasteiger partial charge is 0.367 e. The van der Waals surface area contributed by atoms with Crippen LogP contribution in [0.4, 0.5) is 5.82 Å². The second kappa shape index (κ2) is 5.21. The predicted molar refractivity (Wildman–Crippen MR) is 75.6 cm³/mol. The van der Waals surface area contributed by atoms with Crippen molar-refractivity contribution in [1.29, 1.82) is 0 Å². The van der Waals surface area contributed by atoms with E-state index in [0.29, 0.717) is 5.92 Å². The summed E-state index contributed by atoms with van der Waals surface area (Å²) < 4.78 is 2.01. The lowest BCUT2D eigenvalue weighted by Gasteiger charge is -2.11. The standard InChI is InChI=1S/C14H20N4/c1-5-11(4)12-9-18-7-6-15-14(18)13(17-12)16-8-10(2)3/h5-7,9-10H,8H2,1-4H3,(H,16,17)/b11-5-. The van der Waals surface area contributed by atoms with Gasteiger partial charge in [0.15, 0.2) is 11.5 Å². The molecule has 4 heteroatoms. The maximum absolute atomic E-state index is 4.65. The van der Waals surface area contributed by atoms with Gasteiger partial charge in [-0.1, -0.05) is 19.9 Å². The molecular weight excluding hydrogens is 224 g/mol. The van der Waals surface area contributed by atoms with E-state index in [4.69, 9.17) is 0 Å². The van der Waals surface area contributed by atoms with Crippen molar-refractivity contribution in [1.82, 2.24) is 14.4 Å². The third kappa shape index (κ3) is 2.53. The van der Waals surface area contributed by atoms with Crippen molar-refractivity contribution in [2.45, 2.75) is 27.7 Å². The van der Waals surface area contributed by atoms with Crippen LogP contribution in [0.15, 0.2) is 24.7 Å². The smallest absolute Gasteiger partial charge is 0.180 e. The monoisotopic (exact) mass is 244 g/mol. The van der Waals surface area contributed by atoms with Crippen LogP contribution in [0.25, 0.3) is 11.2 Å². The molecule has 1 N–H and O–H groups in total. The Morgan fingerprint density at radius 3 is 2.94 bits per heavy atom. The van der Waals surface area contributed by atoms with Crippen LogP contribution in [0.1, 0.15) is 33.4 Å². The maximum Gasteiger partial charge on any atom is 0.180 e. The molecule has 0 fully saturated rings. The summed E-state index contributed by atoms with van der Waals surface area (Å²) >= 11 is 0. The third-order valence-electron chi connectivity index (χ3n) is 2.89. The summed E-state index contributed by atoms with van der Waals surface area (Å²) in [6, 6.07) is 0. The number of hydrogen-bond donors (Lipinski definition) is 1. The van der Waals surface area contributed by atoms with E-state index < -0.39 is 0 Å². The van der Waals surface area contributed by atoms with E-state index in [1.165, 1.54) is 0 Å². The molecule has 2 aromatic rings. The van der Waals surface area contributed by atoms with Crippen molar-refractivity contribution in [2.24, 2.45) is 5.92 Å². The Morgan fingerprint density at radius 2 is 2.28 bits per heavy atom. The molecule has 0 aliphatic carbocycles. The number of rotatable bonds is 4. The Labute approximate surface area is 108 Å². The lowest BCUT2D eigenvalue weighted by atomic mass is 10.2. The average Bonchev–Trinajstić information content (AvgIpc) is 2.82. The number of hydrogen-bond acceptors (Lipinski definition) is 3. The zero-order valence-electron chi connectivity index (χ0n) is 11.4. The summed E-state index contributed by atoms with van der Waals surface area (Å²) in [6.07, 6.45) is 7.83. The minimum absolute atomic E-state index is 0.577. The van der Waals surface area contributed by atoms with Crippen molar-refractivity contribution in [3.63, 3.8) is 0 Å². The van der Waals surface area contributed by atoms with E-state index in [1.807, 2.05) is 23.7 Å². The summed E-state index contributed by atoms with van der Waals surface area (Å²) in [4.78, 5) is 8.99. The highest BCUT2D eigenvalue weighted by atomic mass is 15.1. The molecule has 0 aliphatic heterocycles. The van der Waals surface area contributed by atoms with Crippen LogP contribution in [0, 0.1) is 5.92 Å². The van der Waals surface area contributed by atoms with Crippen LogP contribution in [0.5, 0.6) is 0 Å². The van der Waals surface area contributed by atoms with E-state index in [0.717, 1.165) is 29.3 Å². The fourth-order valence-electron chi connectivity index (χ4n) is 1.69. The van der Waals surface area contributed by atoms with Crippen molar-refractivity contribution < 1.29 is 0 Å². The van der Waals surface area contributed by atoms with Crippen LogP contribution in [-0.2, 0) is 0 Å². The molecule has 18 heavy (non-hydrogen) atoms.